The molecule has 0 bridgehead atoms. The lowest BCUT2D eigenvalue weighted by Gasteiger charge is -2.08. The first-order valence-electron chi connectivity index (χ1n) is 10.3. The Kier molecular flexibility index (Phi) is 5.56. The van der Waals surface area contributed by atoms with Gasteiger partial charge in [0.25, 0.3) is 0 Å². The maximum Gasteiger partial charge on any atom is 0.306 e. The van der Waals surface area contributed by atoms with E-state index in [-0.39, 0.29) is 10.7 Å². The van der Waals surface area contributed by atoms with Gasteiger partial charge in [-0.15, -0.1) is 0 Å². The summed E-state index contributed by atoms with van der Waals surface area (Å²) >= 11 is 0. The Hall–Kier alpha value is -4.09. The summed E-state index contributed by atoms with van der Waals surface area (Å²) in [6.07, 6.45) is 5.53. The van der Waals surface area contributed by atoms with Gasteiger partial charge in [-0.2, -0.15) is 4.98 Å². The third-order valence-electron chi connectivity index (χ3n) is 5.23. The predicted octanol–water partition coefficient (Wildman–Crippen LogP) is 3.49. The van der Waals surface area contributed by atoms with E-state index in [0.29, 0.717) is 41.8 Å². The molecule has 0 amide bonds. The van der Waals surface area contributed by atoms with Crippen LogP contribution in [0, 0.1) is 5.82 Å². The molecule has 3 aromatic heterocycles. The summed E-state index contributed by atoms with van der Waals surface area (Å²) in [5.74, 6) is 0.480. The van der Waals surface area contributed by atoms with Gasteiger partial charge in [-0.05, 0) is 54.4 Å². The quantitative estimate of drug-likeness (QED) is 0.366. The summed E-state index contributed by atoms with van der Waals surface area (Å²) < 4.78 is 43.4. The Morgan fingerprint density at radius 3 is 2.53 bits per heavy atom. The average molecular weight is 479 g/mol. The number of hydrogen-bond donors (Lipinski definition) is 2. The highest BCUT2D eigenvalue weighted by Crippen LogP contribution is 2.32. The molecule has 5 aromatic rings. The second-order valence-electron chi connectivity index (χ2n) is 7.50. The van der Waals surface area contributed by atoms with E-state index in [1.807, 2.05) is 0 Å². The van der Waals surface area contributed by atoms with E-state index in [9.17, 15) is 12.8 Å². The molecule has 11 heteroatoms. The Morgan fingerprint density at radius 1 is 1.03 bits per heavy atom. The molecule has 0 unspecified atom stereocenters. The molecular formula is C23H19FN6O3S. The highest BCUT2D eigenvalue weighted by atomic mass is 32.2. The molecule has 3 heterocycles. The predicted molar refractivity (Wildman–Crippen MR) is 124 cm³/mol. The first-order chi connectivity index (χ1) is 16.4. The van der Waals surface area contributed by atoms with Gasteiger partial charge in [0, 0.05) is 24.5 Å². The number of primary sulfonamides is 1. The number of benzene rings is 2. The lowest BCUT2D eigenvalue weighted by Crippen LogP contribution is -2.12. The zero-order valence-corrected chi connectivity index (χ0v) is 18.5. The van der Waals surface area contributed by atoms with E-state index in [1.54, 1.807) is 47.1 Å². The molecule has 0 fully saturated rings. The number of sulfonamides is 1. The third kappa shape index (κ3) is 4.38. The van der Waals surface area contributed by atoms with E-state index in [2.05, 4.69) is 20.3 Å². The highest BCUT2D eigenvalue weighted by Gasteiger charge is 2.19. The van der Waals surface area contributed by atoms with Crippen molar-refractivity contribution in [2.75, 3.05) is 11.9 Å². The molecule has 0 aliphatic heterocycles. The largest absolute Gasteiger partial charge is 0.432 e. The van der Waals surface area contributed by atoms with Crippen LogP contribution in [0.5, 0.6) is 0 Å². The van der Waals surface area contributed by atoms with Crippen molar-refractivity contribution in [1.29, 1.82) is 0 Å². The molecule has 0 aliphatic rings. The Bertz CT molecular complexity index is 1560. The molecule has 0 atom stereocenters. The van der Waals surface area contributed by atoms with Crippen molar-refractivity contribution in [2.45, 2.75) is 11.3 Å². The first kappa shape index (κ1) is 21.7. The van der Waals surface area contributed by atoms with Crippen LogP contribution in [0.15, 0.2) is 82.6 Å². The van der Waals surface area contributed by atoms with Crippen molar-refractivity contribution in [3.63, 3.8) is 0 Å². The summed E-state index contributed by atoms with van der Waals surface area (Å²) in [5, 5.41) is 8.32. The SMILES string of the molecule is NS(=O)(=O)c1ccc(CCNc2nccc(-c3c(-c4ccc(F)cc4)nc4occn34)n2)cc1. The highest BCUT2D eigenvalue weighted by molar-refractivity contribution is 7.89. The molecule has 0 saturated heterocycles. The van der Waals surface area contributed by atoms with Gasteiger partial charge in [-0.1, -0.05) is 12.1 Å². The third-order valence-corrected chi connectivity index (χ3v) is 6.16. The van der Waals surface area contributed by atoms with Gasteiger partial charge >= 0.3 is 5.84 Å². The summed E-state index contributed by atoms with van der Waals surface area (Å²) in [7, 11) is -3.71. The molecule has 34 heavy (non-hydrogen) atoms. The van der Waals surface area contributed by atoms with Crippen LogP contribution in [0.25, 0.3) is 28.5 Å². The van der Waals surface area contributed by atoms with Gasteiger partial charge < -0.3 is 9.73 Å². The lowest BCUT2D eigenvalue weighted by molar-refractivity contribution is 0.596. The smallest absolute Gasteiger partial charge is 0.306 e. The monoisotopic (exact) mass is 478 g/mol. The van der Waals surface area contributed by atoms with Crippen LogP contribution in [-0.2, 0) is 16.4 Å². The molecule has 2 aromatic carbocycles. The van der Waals surface area contributed by atoms with E-state index < -0.39 is 10.0 Å². The van der Waals surface area contributed by atoms with E-state index in [1.165, 1.54) is 30.5 Å². The summed E-state index contributed by atoms with van der Waals surface area (Å²) in [6, 6.07) is 14.2. The maximum atomic E-state index is 13.4. The zero-order valence-electron chi connectivity index (χ0n) is 17.7. The minimum Gasteiger partial charge on any atom is -0.432 e. The van der Waals surface area contributed by atoms with Crippen molar-refractivity contribution in [1.82, 2.24) is 19.4 Å². The molecule has 0 saturated carbocycles. The number of oxazole rings is 1. The van der Waals surface area contributed by atoms with Crippen LogP contribution in [0.2, 0.25) is 0 Å². The molecular weight excluding hydrogens is 459 g/mol. The Balaban J connectivity index is 1.38. The van der Waals surface area contributed by atoms with Crippen molar-refractivity contribution < 1.29 is 17.2 Å². The summed E-state index contributed by atoms with van der Waals surface area (Å²) in [5.41, 5.74) is 3.58. The van der Waals surface area contributed by atoms with Crippen LogP contribution < -0.4 is 10.5 Å². The fourth-order valence-electron chi connectivity index (χ4n) is 3.58. The van der Waals surface area contributed by atoms with Crippen LogP contribution in [0.3, 0.4) is 0 Å². The summed E-state index contributed by atoms with van der Waals surface area (Å²) in [4.78, 5) is 13.5. The molecule has 5 rings (SSSR count). The van der Waals surface area contributed by atoms with E-state index in [0.717, 1.165) is 11.1 Å². The van der Waals surface area contributed by atoms with Crippen molar-refractivity contribution >= 4 is 21.8 Å². The molecule has 3 N–H and O–H groups in total. The molecule has 0 spiro atoms. The number of nitrogens with two attached hydrogens (primary N) is 1. The summed E-state index contributed by atoms with van der Waals surface area (Å²) in [6.45, 7) is 0.524. The average Bonchev–Trinajstić information content (AvgIpc) is 3.41. The number of hydrogen-bond acceptors (Lipinski definition) is 7. The van der Waals surface area contributed by atoms with Gasteiger partial charge in [0.15, 0.2) is 0 Å². The molecule has 0 aliphatic carbocycles. The number of aromatic nitrogens is 4. The number of rotatable bonds is 7. The minimum atomic E-state index is -3.71. The van der Waals surface area contributed by atoms with Crippen LogP contribution in [0.4, 0.5) is 10.3 Å². The van der Waals surface area contributed by atoms with Gasteiger partial charge in [0.1, 0.15) is 23.5 Å². The van der Waals surface area contributed by atoms with Crippen molar-refractivity contribution in [3.05, 3.63) is 84.6 Å². The number of imidazole rings is 1. The fraction of sp³-hybridized carbons (Fsp3) is 0.0870. The van der Waals surface area contributed by atoms with Gasteiger partial charge in [0.2, 0.25) is 16.0 Å². The number of halogens is 1. The number of nitrogens with zero attached hydrogens (tertiary/aromatic N) is 4. The normalized spacial score (nSPS) is 11.7. The molecule has 9 nitrogen and oxygen atoms in total. The minimum absolute atomic E-state index is 0.0728. The van der Waals surface area contributed by atoms with Crippen molar-refractivity contribution in [3.8, 4) is 22.6 Å². The Labute approximate surface area is 194 Å². The number of anilines is 1. The van der Waals surface area contributed by atoms with Crippen LogP contribution in [0.1, 0.15) is 5.56 Å². The van der Waals surface area contributed by atoms with E-state index in [4.69, 9.17) is 9.56 Å². The lowest BCUT2D eigenvalue weighted by atomic mass is 10.1. The number of fused-ring (bicyclic) bond motifs is 1. The zero-order chi connectivity index (χ0) is 23.7. The van der Waals surface area contributed by atoms with E-state index >= 15 is 0 Å². The van der Waals surface area contributed by atoms with Crippen molar-refractivity contribution in [2.24, 2.45) is 5.14 Å². The van der Waals surface area contributed by atoms with Crippen LogP contribution >= 0.6 is 0 Å². The molecule has 0 radical (unpaired) electrons. The van der Waals surface area contributed by atoms with Crippen LogP contribution in [-0.4, -0.2) is 34.3 Å². The second-order valence-corrected chi connectivity index (χ2v) is 9.06. The fourth-order valence-corrected chi connectivity index (χ4v) is 4.10. The van der Waals surface area contributed by atoms with Gasteiger partial charge in [-0.3, -0.25) is 4.40 Å². The van der Waals surface area contributed by atoms with Gasteiger partial charge in [0.05, 0.1) is 10.6 Å². The second kappa shape index (κ2) is 8.69. The topological polar surface area (TPSA) is 128 Å². The maximum absolute atomic E-state index is 13.4. The Morgan fingerprint density at radius 2 is 1.79 bits per heavy atom. The number of nitrogens with one attached hydrogen (secondary N) is 1. The van der Waals surface area contributed by atoms with Gasteiger partial charge in [-0.25, -0.2) is 27.9 Å². The first-order valence-corrected chi connectivity index (χ1v) is 11.8. The standard InChI is InChI=1S/C23H19FN6O3S/c24-17-5-3-16(4-6-17)20-21(30-13-14-33-23(30)29-20)19-10-12-27-22(28-19)26-11-9-15-1-7-18(8-2-15)34(25,31)32/h1-8,10,12-14H,9,11H2,(H2,25,31,32)(H,26,27,28). The molecule has 172 valence electrons.